The van der Waals surface area contributed by atoms with Gasteiger partial charge in [-0.05, 0) is 31.2 Å². The van der Waals surface area contributed by atoms with Gasteiger partial charge in [0.05, 0.1) is 11.1 Å². The van der Waals surface area contributed by atoms with Crippen molar-refractivity contribution in [2.24, 2.45) is 0 Å². The fourth-order valence-electron chi connectivity index (χ4n) is 1.48. The lowest BCUT2D eigenvalue weighted by atomic mass is 10.3. The average Bonchev–Trinajstić information content (AvgIpc) is 2.74. The lowest BCUT2D eigenvalue weighted by Crippen LogP contribution is -2.13. The zero-order valence-electron chi connectivity index (χ0n) is 9.97. The zero-order chi connectivity index (χ0) is 13.0. The molecular weight excluding hydrogens is 330 g/mol. The Labute approximate surface area is 124 Å². The topological polar surface area (TPSA) is 33.1 Å². The second-order valence-corrected chi connectivity index (χ2v) is 6.96. The Kier molecular flexibility index (Phi) is 5.24. The lowest BCUT2D eigenvalue weighted by molar-refractivity contribution is 0.200. The van der Waals surface area contributed by atoms with Gasteiger partial charge in [0.2, 0.25) is 0 Å². The van der Waals surface area contributed by atoms with Gasteiger partial charge in [0.15, 0.2) is 0 Å². The number of aliphatic hydroxyl groups is 1. The van der Waals surface area contributed by atoms with Crippen LogP contribution >= 0.6 is 39.0 Å². The van der Waals surface area contributed by atoms with Crippen molar-refractivity contribution in [3.8, 4) is 0 Å². The largest absolute Gasteiger partial charge is 0.392 e. The van der Waals surface area contributed by atoms with Gasteiger partial charge < -0.3 is 5.11 Å². The van der Waals surface area contributed by atoms with Crippen molar-refractivity contribution in [1.82, 2.24) is 4.98 Å². The third kappa shape index (κ3) is 4.39. The number of nitrogens with zero attached hydrogens (tertiary/aromatic N) is 1. The first-order valence-corrected chi connectivity index (χ1v) is 8.27. The van der Waals surface area contributed by atoms with Crippen LogP contribution in [-0.2, 0) is 6.42 Å². The van der Waals surface area contributed by atoms with Gasteiger partial charge in [0.1, 0.15) is 0 Å². The van der Waals surface area contributed by atoms with Crippen molar-refractivity contribution in [2.75, 3.05) is 5.75 Å². The molecule has 0 fully saturated rings. The van der Waals surface area contributed by atoms with E-state index >= 15 is 0 Å². The van der Waals surface area contributed by atoms with Crippen LogP contribution in [-0.4, -0.2) is 21.9 Å². The number of benzene rings is 1. The quantitative estimate of drug-likeness (QED) is 0.835. The van der Waals surface area contributed by atoms with Crippen LogP contribution in [0.3, 0.4) is 0 Å². The zero-order valence-corrected chi connectivity index (χ0v) is 13.2. The molecule has 1 heterocycles. The maximum absolute atomic E-state index is 9.96. The van der Waals surface area contributed by atoms with E-state index in [1.165, 1.54) is 4.90 Å². The average molecular weight is 344 g/mol. The van der Waals surface area contributed by atoms with Crippen LogP contribution in [0.25, 0.3) is 0 Å². The summed E-state index contributed by atoms with van der Waals surface area (Å²) in [6, 6.07) is 8.13. The number of hydrogen-bond acceptors (Lipinski definition) is 4. The van der Waals surface area contributed by atoms with Crippen LogP contribution in [0.5, 0.6) is 0 Å². The summed E-state index contributed by atoms with van der Waals surface area (Å²) in [6.07, 6.45) is 0.298. The summed E-state index contributed by atoms with van der Waals surface area (Å²) in [7, 11) is 0. The van der Waals surface area contributed by atoms with E-state index in [9.17, 15) is 5.11 Å². The van der Waals surface area contributed by atoms with Gasteiger partial charge >= 0.3 is 0 Å². The molecule has 2 aromatic rings. The Morgan fingerprint density at radius 3 is 2.72 bits per heavy atom. The highest BCUT2D eigenvalue weighted by atomic mass is 79.9. The number of thiazole rings is 1. The second kappa shape index (κ2) is 6.70. The molecule has 1 N–H and O–H groups in total. The van der Waals surface area contributed by atoms with Crippen LogP contribution in [0, 0.1) is 6.92 Å². The molecule has 2 rings (SSSR count). The minimum absolute atomic E-state index is 0.343. The third-order valence-corrected chi connectivity index (χ3v) is 5.01. The molecule has 0 aliphatic heterocycles. The molecule has 1 aromatic heterocycles. The van der Waals surface area contributed by atoms with E-state index in [-0.39, 0.29) is 6.10 Å². The first-order chi connectivity index (χ1) is 8.63. The minimum Gasteiger partial charge on any atom is -0.392 e. The summed E-state index contributed by atoms with van der Waals surface area (Å²) in [5.41, 5.74) is 1.03. The van der Waals surface area contributed by atoms with Gasteiger partial charge in [0.25, 0.3) is 0 Å². The molecule has 1 atom stereocenters. The van der Waals surface area contributed by atoms with E-state index in [2.05, 4.69) is 33.0 Å². The number of aliphatic hydroxyl groups excluding tert-OH is 1. The Morgan fingerprint density at radius 2 is 2.11 bits per heavy atom. The first kappa shape index (κ1) is 14.1. The summed E-state index contributed by atoms with van der Waals surface area (Å²) in [4.78, 5) is 5.53. The van der Waals surface area contributed by atoms with E-state index in [1.54, 1.807) is 23.1 Å². The van der Waals surface area contributed by atoms with Crippen LogP contribution in [0.4, 0.5) is 0 Å². The van der Waals surface area contributed by atoms with Gasteiger partial charge in [-0.15, -0.1) is 23.1 Å². The predicted octanol–water partition coefficient (Wildman–Crippen LogP) is 3.91. The van der Waals surface area contributed by atoms with E-state index < -0.39 is 0 Å². The van der Waals surface area contributed by atoms with Gasteiger partial charge in [-0.25, -0.2) is 4.98 Å². The SMILES string of the molecule is Cc1csc(CC(O)CSc2ccc(Br)cc2)n1. The third-order valence-electron chi connectivity index (χ3n) is 2.33. The number of halogens is 1. The van der Waals surface area contributed by atoms with E-state index in [0.717, 1.165) is 15.2 Å². The number of aromatic nitrogens is 1. The fraction of sp³-hybridized carbons (Fsp3) is 0.308. The first-order valence-electron chi connectivity index (χ1n) is 5.61. The van der Waals surface area contributed by atoms with Crippen LogP contribution in [0.1, 0.15) is 10.7 Å². The maximum Gasteiger partial charge on any atom is 0.0954 e. The predicted molar refractivity (Wildman–Crippen MR) is 81.4 cm³/mol. The molecule has 2 nitrogen and oxygen atoms in total. The molecule has 0 saturated heterocycles. The fourth-order valence-corrected chi connectivity index (χ4v) is 3.42. The van der Waals surface area contributed by atoms with Crippen molar-refractivity contribution in [2.45, 2.75) is 24.3 Å². The van der Waals surface area contributed by atoms with Crippen molar-refractivity contribution in [1.29, 1.82) is 0 Å². The molecule has 0 aliphatic carbocycles. The van der Waals surface area contributed by atoms with Gasteiger partial charge in [-0.2, -0.15) is 0 Å². The molecular formula is C13H14BrNOS2. The molecule has 18 heavy (non-hydrogen) atoms. The lowest BCUT2D eigenvalue weighted by Gasteiger charge is -2.08. The molecule has 1 aromatic carbocycles. The maximum atomic E-state index is 9.96. The molecule has 0 aliphatic rings. The molecule has 0 spiro atoms. The van der Waals surface area contributed by atoms with E-state index in [1.807, 2.05) is 24.4 Å². The molecule has 0 radical (unpaired) electrons. The van der Waals surface area contributed by atoms with Crippen molar-refractivity contribution < 1.29 is 5.11 Å². The van der Waals surface area contributed by atoms with E-state index in [0.29, 0.717) is 12.2 Å². The highest BCUT2D eigenvalue weighted by Gasteiger charge is 2.09. The van der Waals surface area contributed by atoms with Crippen molar-refractivity contribution >= 4 is 39.0 Å². The van der Waals surface area contributed by atoms with Gasteiger partial charge in [-0.3, -0.25) is 0 Å². The van der Waals surface area contributed by atoms with Crippen LogP contribution in [0.15, 0.2) is 39.0 Å². The Hall–Kier alpha value is -0.360. The van der Waals surface area contributed by atoms with Crippen molar-refractivity contribution in [3.63, 3.8) is 0 Å². The van der Waals surface area contributed by atoms with Gasteiger partial charge in [-0.1, -0.05) is 15.9 Å². The normalized spacial score (nSPS) is 12.6. The monoisotopic (exact) mass is 343 g/mol. The number of rotatable bonds is 5. The summed E-state index contributed by atoms with van der Waals surface area (Å²) >= 11 is 6.69. The standard InChI is InChI=1S/C13H14BrNOS2/c1-9-7-18-13(15-9)6-11(16)8-17-12-4-2-10(14)3-5-12/h2-5,7,11,16H,6,8H2,1H3. The highest BCUT2D eigenvalue weighted by molar-refractivity contribution is 9.10. The molecule has 0 amide bonds. The number of thioether (sulfide) groups is 1. The number of hydrogen-bond donors (Lipinski definition) is 1. The minimum atomic E-state index is -0.343. The molecule has 5 heteroatoms. The van der Waals surface area contributed by atoms with Crippen molar-refractivity contribution in [3.05, 3.63) is 44.8 Å². The molecule has 96 valence electrons. The Morgan fingerprint density at radius 1 is 1.39 bits per heavy atom. The summed E-state index contributed by atoms with van der Waals surface area (Å²) in [5, 5.41) is 13.0. The van der Waals surface area contributed by atoms with Crippen LogP contribution < -0.4 is 0 Å². The summed E-state index contributed by atoms with van der Waals surface area (Å²) in [5.74, 6) is 0.695. The van der Waals surface area contributed by atoms with Crippen LogP contribution in [0.2, 0.25) is 0 Å². The Balaban J connectivity index is 1.81. The Bertz CT molecular complexity index is 498. The molecule has 0 saturated carbocycles. The molecule has 0 bridgehead atoms. The second-order valence-electron chi connectivity index (χ2n) is 4.01. The summed E-state index contributed by atoms with van der Waals surface area (Å²) in [6.45, 7) is 1.98. The smallest absolute Gasteiger partial charge is 0.0954 e. The number of aryl methyl sites for hydroxylation is 1. The van der Waals surface area contributed by atoms with Gasteiger partial charge in [0, 0.05) is 32.6 Å². The van der Waals surface area contributed by atoms with E-state index in [4.69, 9.17) is 0 Å². The summed E-state index contributed by atoms with van der Waals surface area (Å²) < 4.78 is 1.07. The highest BCUT2D eigenvalue weighted by Crippen LogP contribution is 2.22. The molecule has 1 unspecified atom stereocenters.